The number of benzene rings is 1. The second-order valence-corrected chi connectivity index (χ2v) is 7.42. The molecule has 1 aliphatic carbocycles. The molecule has 1 amide bonds. The third-order valence-corrected chi connectivity index (χ3v) is 4.91. The molecule has 22 heavy (non-hydrogen) atoms. The maximum absolute atomic E-state index is 12.1. The third-order valence-electron chi connectivity index (χ3n) is 3.77. The summed E-state index contributed by atoms with van der Waals surface area (Å²) < 4.78 is 30.1. The Hall–Kier alpha value is -1.76. The van der Waals surface area contributed by atoms with Gasteiger partial charge in [0.25, 0.3) is 0 Å². The molecule has 0 spiro atoms. The van der Waals surface area contributed by atoms with E-state index in [0.717, 1.165) is 36.2 Å². The van der Waals surface area contributed by atoms with Crippen molar-refractivity contribution in [3.8, 4) is 5.75 Å². The van der Waals surface area contributed by atoms with Crippen LogP contribution >= 0.6 is 0 Å². The lowest BCUT2D eigenvalue weighted by Crippen LogP contribution is -2.43. The molecule has 6 nitrogen and oxygen atoms in total. The second-order valence-electron chi connectivity index (χ2n) is 5.52. The van der Waals surface area contributed by atoms with Gasteiger partial charge in [-0.3, -0.25) is 9.10 Å². The van der Waals surface area contributed by atoms with Crippen LogP contribution in [0.1, 0.15) is 25.7 Å². The first-order chi connectivity index (χ1) is 10.4. The molecular formula is C15H22N2O4S. The highest BCUT2D eigenvalue weighted by molar-refractivity contribution is 7.92. The van der Waals surface area contributed by atoms with Crippen LogP contribution in [0.5, 0.6) is 5.75 Å². The normalized spacial score (nSPS) is 15.5. The lowest BCUT2D eigenvalue weighted by Gasteiger charge is -2.23. The van der Waals surface area contributed by atoms with Gasteiger partial charge in [-0.2, -0.15) is 0 Å². The molecule has 0 bridgehead atoms. The van der Waals surface area contributed by atoms with E-state index in [9.17, 15) is 13.2 Å². The van der Waals surface area contributed by atoms with Crippen LogP contribution in [0.25, 0.3) is 0 Å². The molecule has 0 heterocycles. The van der Waals surface area contributed by atoms with Gasteiger partial charge in [0.05, 0.1) is 19.1 Å². The van der Waals surface area contributed by atoms with Crippen LogP contribution in [-0.4, -0.2) is 40.3 Å². The fourth-order valence-electron chi connectivity index (χ4n) is 2.62. The summed E-state index contributed by atoms with van der Waals surface area (Å²) in [6.45, 7) is -0.207. The first-order valence-corrected chi connectivity index (χ1v) is 9.16. The molecule has 2 rings (SSSR count). The van der Waals surface area contributed by atoms with Crippen LogP contribution in [0.3, 0.4) is 0 Å². The van der Waals surface area contributed by atoms with Crippen molar-refractivity contribution < 1.29 is 17.9 Å². The molecule has 122 valence electrons. The Balaban J connectivity index is 2.10. The van der Waals surface area contributed by atoms with Gasteiger partial charge in [-0.1, -0.05) is 12.8 Å². The van der Waals surface area contributed by atoms with Crippen molar-refractivity contribution in [3.05, 3.63) is 24.3 Å². The van der Waals surface area contributed by atoms with E-state index in [4.69, 9.17) is 4.74 Å². The first-order valence-electron chi connectivity index (χ1n) is 7.31. The first kappa shape index (κ1) is 16.6. The highest BCUT2D eigenvalue weighted by Gasteiger charge is 2.23. The van der Waals surface area contributed by atoms with Crippen LogP contribution in [0, 0.1) is 0 Å². The number of nitrogens with zero attached hydrogens (tertiary/aromatic N) is 1. The maximum Gasteiger partial charge on any atom is 0.240 e. The van der Waals surface area contributed by atoms with E-state index >= 15 is 0 Å². The standard InChI is InChI=1S/C15H22N2O4S/c1-21-14-9-7-13(8-10-14)17(22(2,19)20)11-15(18)16-12-5-3-4-6-12/h7-10,12H,3-6,11H2,1-2H3,(H,16,18). The van der Waals surface area contributed by atoms with Gasteiger partial charge in [-0.25, -0.2) is 8.42 Å². The number of rotatable bonds is 6. The van der Waals surface area contributed by atoms with E-state index in [2.05, 4.69) is 5.32 Å². The predicted octanol–water partition coefficient (Wildman–Crippen LogP) is 1.52. The Morgan fingerprint density at radius 2 is 1.86 bits per heavy atom. The van der Waals surface area contributed by atoms with Gasteiger partial charge in [0.15, 0.2) is 0 Å². The molecule has 1 aromatic carbocycles. The molecule has 0 aromatic heterocycles. The maximum atomic E-state index is 12.1. The van der Waals surface area contributed by atoms with Crippen molar-refractivity contribution in [2.75, 3.05) is 24.2 Å². The lowest BCUT2D eigenvalue weighted by molar-refractivity contribution is -0.120. The highest BCUT2D eigenvalue weighted by atomic mass is 32.2. The Kier molecular flexibility index (Phi) is 5.28. The third kappa shape index (κ3) is 4.37. The van der Waals surface area contributed by atoms with Crippen LogP contribution in [0.4, 0.5) is 5.69 Å². The lowest BCUT2D eigenvalue weighted by atomic mass is 10.2. The van der Waals surface area contributed by atoms with Gasteiger partial charge in [-0.15, -0.1) is 0 Å². The van der Waals surface area contributed by atoms with Gasteiger partial charge >= 0.3 is 0 Å². The average molecular weight is 326 g/mol. The summed E-state index contributed by atoms with van der Waals surface area (Å²) >= 11 is 0. The molecule has 0 aliphatic heterocycles. The second kappa shape index (κ2) is 7.00. The number of amides is 1. The highest BCUT2D eigenvalue weighted by Crippen LogP contribution is 2.22. The quantitative estimate of drug-likeness (QED) is 0.860. The van der Waals surface area contributed by atoms with E-state index in [-0.39, 0.29) is 18.5 Å². The Morgan fingerprint density at radius 1 is 1.27 bits per heavy atom. The smallest absolute Gasteiger partial charge is 0.240 e. The van der Waals surface area contributed by atoms with Gasteiger partial charge in [0.2, 0.25) is 15.9 Å². The summed E-state index contributed by atoms with van der Waals surface area (Å²) in [6, 6.07) is 6.76. The van der Waals surface area contributed by atoms with E-state index in [1.54, 1.807) is 31.4 Å². The molecule has 1 fully saturated rings. The fraction of sp³-hybridized carbons (Fsp3) is 0.533. The molecular weight excluding hydrogens is 304 g/mol. The average Bonchev–Trinajstić information content (AvgIpc) is 2.96. The number of carbonyl (C=O) groups excluding carboxylic acids is 1. The monoisotopic (exact) mass is 326 g/mol. The van der Waals surface area contributed by atoms with Crippen LogP contribution in [-0.2, 0) is 14.8 Å². The van der Waals surface area contributed by atoms with Crippen molar-refractivity contribution in [1.82, 2.24) is 5.32 Å². The zero-order valence-electron chi connectivity index (χ0n) is 12.9. The Morgan fingerprint density at radius 3 is 2.36 bits per heavy atom. The number of nitrogens with one attached hydrogen (secondary N) is 1. The molecule has 0 saturated heterocycles. The zero-order valence-corrected chi connectivity index (χ0v) is 13.7. The molecule has 1 aromatic rings. The number of sulfonamides is 1. The zero-order chi connectivity index (χ0) is 16.2. The SMILES string of the molecule is COc1ccc(N(CC(=O)NC2CCCC2)S(C)(=O)=O)cc1. The summed E-state index contributed by atoms with van der Waals surface area (Å²) in [6.07, 6.45) is 5.25. The molecule has 0 radical (unpaired) electrons. The molecule has 0 unspecified atom stereocenters. The van der Waals surface area contributed by atoms with Crippen LogP contribution < -0.4 is 14.4 Å². The molecule has 1 N–H and O–H groups in total. The number of anilines is 1. The fourth-order valence-corrected chi connectivity index (χ4v) is 3.48. The summed E-state index contributed by atoms with van der Waals surface area (Å²) in [4.78, 5) is 12.1. The molecule has 1 aliphatic rings. The minimum absolute atomic E-state index is 0.171. The molecule has 7 heteroatoms. The van der Waals surface area contributed by atoms with E-state index < -0.39 is 10.0 Å². The van der Waals surface area contributed by atoms with E-state index in [0.29, 0.717) is 11.4 Å². The van der Waals surface area contributed by atoms with Crippen LogP contribution in [0.2, 0.25) is 0 Å². The minimum atomic E-state index is -3.53. The predicted molar refractivity (Wildman–Crippen MR) is 85.6 cm³/mol. The Labute approximate surface area is 131 Å². The number of ether oxygens (including phenoxy) is 1. The topological polar surface area (TPSA) is 75.7 Å². The summed E-state index contributed by atoms with van der Waals surface area (Å²) in [5.74, 6) is 0.362. The summed E-state index contributed by atoms with van der Waals surface area (Å²) in [5.41, 5.74) is 0.449. The van der Waals surface area contributed by atoms with E-state index in [1.807, 2.05) is 0 Å². The summed E-state index contributed by atoms with van der Waals surface area (Å²) in [7, 11) is -1.99. The van der Waals surface area contributed by atoms with Gasteiger partial charge < -0.3 is 10.1 Å². The number of methoxy groups -OCH3 is 1. The van der Waals surface area contributed by atoms with E-state index in [1.165, 1.54) is 0 Å². The number of hydrogen-bond donors (Lipinski definition) is 1. The Bertz CT molecular complexity index is 607. The van der Waals surface area contributed by atoms with Crippen molar-refractivity contribution in [2.45, 2.75) is 31.7 Å². The van der Waals surface area contributed by atoms with Crippen molar-refractivity contribution >= 4 is 21.6 Å². The van der Waals surface area contributed by atoms with Crippen LogP contribution in [0.15, 0.2) is 24.3 Å². The number of carbonyl (C=O) groups is 1. The van der Waals surface area contributed by atoms with Crippen molar-refractivity contribution in [1.29, 1.82) is 0 Å². The summed E-state index contributed by atoms with van der Waals surface area (Å²) in [5, 5.41) is 2.90. The molecule has 0 atom stereocenters. The van der Waals surface area contributed by atoms with Gasteiger partial charge in [0.1, 0.15) is 12.3 Å². The minimum Gasteiger partial charge on any atom is -0.497 e. The molecule has 1 saturated carbocycles. The largest absolute Gasteiger partial charge is 0.497 e. The van der Waals surface area contributed by atoms with Crippen molar-refractivity contribution in [3.63, 3.8) is 0 Å². The van der Waals surface area contributed by atoms with Crippen molar-refractivity contribution in [2.24, 2.45) is 0 Å². The van der Waals surface area contributed by atoms with Gasteiger partial charge in [0, 0.05) is 6.04 Å². The number of hydrogen-bond acceptors (Lipinski definition) is 4. The van der Waals surface area contributed by atoms with Gasteiger partial charge in [-0.05, 0) is 37.1 Å².